The first kappa shape index (κ1) is 8.51. The maximum absolute atomic E-state index is 9.72. The number of hydrogen-bond acceptors (Lipinski definition) is 3. The molecule has 1 aliphatic heterocycles. The van der Waals surface area contributed by atoms with Gasteiger partial charge in [-0.05, 0) is 6.92 Å². The summed E-state index contributed by atoms with van der Waals surface area (Å²) in [5.41, 5.74) is -1.11. The highest BCUT2D eigenvalue weighted by molar-refractivity contribution is 5.07. The van der Waals surface area contributed by atoms with E-state index in [2.05, 4.69) is 5.32 Å². The normalized spacial score (nSPS) is 44.9. The second-order valence-electron chi connectivity index (χ2n) is 3.45. The van der Waals surface area contributed by atoms with Crippen molar-refractivity contribution in [2.24, 2.45) is 5.92 Å². The van der Waals surface area contributed by atoms with Gasteiger partial charge in [0.1, 0.15) is 0 Å². The maximum atomic E-state index is 9.72. The van der Waals surface area contributed by atoms with Crippen LogP contribution < -0.4 is 5.32 Å². The molecular weight excluding hydrogens is 140 g/mol. The number of nitriles is 1. The number of nitrogens with zero attached hydrogens (tertiary/aromatic N) is 1. The van der Waals surface area contributed by atoms with Crippen LogP contribution in [0.15, 0.2) is 0 Å². The van der Waals surface area contributed by atoms with Crippen molar-refractivity contribution in [2.75, 3.05) is 6.54 Å². The fourth-order valence-electron chi connectivity index (χ4n) is 1.44. The van der Waals surface area contributed by atoms with Gasteiger partial charge in [0.05, 0.1) is 6.07 Å². The highest BCUT2D eigenvalue weighted by Crippen LogP contribution is 2.25. The minimum Gasteiger partial charge on any atom is -0.375 e. The lowest BCUT2D eigenvalue weighted by Gasteiger charge is -2.36. The fraction of sp³-hybridized carbons (Fsp3) is 0.875. The Balaban J connectivity index is 2.70. The average Bonchev–Trinajstić information content (AvgIpc) is 1.98. The molecule has 0 aromatic carbocycles. The van der Waals surface area contributed by atoms with Crippen molar-refractivity contribution in [1.29, 1.82) is 5.26 Å². The van der Waals surface area contributed by atoms with Crippen LogP contribution in [0.3, 0.4) is 0 Å². The SMILES string of the molecule is C[C@H]1C[C@](O)(C#N)[C@@H](C)CN1. The predicted molar refractivity (Wildman–Crippen MR) is 41.8 cm³/mol. The molecule has 0 aromatic heterocycles. The molecule has 3 nitrogen and oxygen atoms in total. The Labute approximate surface area is 67.0 Å². The summed E-state index contributed by atoms with van der Waals surface area (Å²) >= 11 is 0. The van der Waals surface area contributed by atoms with Crippen LogP contribution >= 0.6 is 0 Å². The van der Waals surface area contributed by atoms with Crippen LogP contribution in [0.1, 0.15) is 20.3 Å². The molecule has 2 N–H and O–H groups in total. The smallest absolute Gasteiger partial charge is 0.156 e. The van der Waals surface area contributed by atoms with E-state index in [0.29, 0.717) is 6.42 Å². The van der Waals surface area contributed by atoms with E-state index in [1.54, 1.807) is 0 Å². The van der Waals surface area contributed by atoms with Gasteiger partial charge in [-0.15, -0.1) is 0 Å². The first-order valence-electron chi connectivity index (χ1n) is 3.95. The Morgan fingerprint density at radius 1 is 1.64 bits per heavy atom. The van der Waals surface area contributed by atoms with Crippen LogP contribution in [0.5, 0.6) is 0 Å². The highest BCUT2D eigenvalue weighted by atomic mass is 16.3. The predicted octanol–water partition coefficient (Wildman–Crippen LogP) is 0.259. The summed E-state index contributed by atoms with van der Waals surface area (Å²) in [5.74, 6) is 0.0312. The fourth-order valence-corrected chi connectivity index (χ4v) is 1.44. The molecule has 0 radical (unpaired) electrons. The zero-order valence-corrected chi connectivity index (χ0v) is 6.96. The van der Waals surface area contributed by atoms with Gasteiger partial charge in [-0.25, -0.2) is 0 Å². The molecular formula is C8H14N2O. The number of piperidine rings is 1. The summed E-state index contributed by atoms with van der Waals surface area (Å²) in [4.78, 5) is 0. The van der Waals surface area contributed by atoms with Gasteiger partial charge >= 0.3 is 0 Å². The lowest BCUT2D eigenvalue weighted by Crippen LogP contribution is -2.52. The number of hydrogen-bond donors (Lipinski definition) is 2. The van der Waals surface area contributed by atoms with Gasteiger partial charge in [-0.2, -0.15) is 5.26 Å². The molecule has 11 heavy (non-hydrogen) atoms. The third-order valence-corrected chi connectivity index (χ3v) is 2.40. The van der Waals surface area contributed by atoms with E-state index in [1.807, 2.05) is 19.9 Å². The number of aliphatic hydroxyl groups is 1. The average molecular weight is 154 g/mol. The third kappa shape index (κ3) is 1.52. The second kappa shape index (κ2) is 2.80. The van der Waals surface area contributed by atoms with Crippen molar-refractivity contribution in [3.63, 3.8) is 0 Å². The van der Waals surface area contributed by atoms with Gasteiger partial charge in [-0.3, -0.25) is 0 Å². The Hall–Kier alpha value is -0.590. The first-order valence-corrected chi connectivity index (χ1v) is 3.95. The zero-order valence-electron chi connectivity index (χ0n) is 6.96. The Morgan fingerprint density at radius 3 is 2.73 bits per heavy atom. The molecule has 1 heterocycles. The lowest BCUT2D eigenvalue weighted by atomic mass is 9.81. The van der Waals surface area contributed by atoms with E-state index in [1.165, 1.54) is 0 Å². The van der Waals surface area contributed by atoms with Crippen LogP contribution in [0.25, 0.3) is 0 Å². The second-order valence-corrected chi connectivity index (χ2v) is 3.45. The van der Waals surface area contributed by atoms with Gasteiger partial charge in [0, 0.05) is 24.9 Å². The molecule has 0 spiro atoms. The molecule has 1 saturated heterocycles. The molecule has 0 amide bonds. The summed E-state index contributed by atoms with van der Waals surface area (Å²) in [7, 11) is 0. The maximum Gasteiger partial charge on any atom is 0.156 e. The Kier molecular flexibility index (Phi) is 2.17. The van der Waals surface area contributed by atoms with Crippen molar-refractivity contribution >= 4 is 0 Å². The third-order valence-electron chi connectivity index (χ3n) is 2.40. The van der Waals surface area contributed by atoms with E-state index in [0.717, 1.165) is 6.54 Å². The monoisotopic (exact) mass is 154 g/mol. The molecule has 0 aromatic rings. The van der Waals surface area contributed by atoms with Crippen LogP contribution in [-0.4, -0.2) is 23.3 Å². The standard InChI is InChI=1S/C8H14N2O/c1-6-4-10-7(2)3-8(6,11)5-9/h6-7,10-11H,3-4H2,1-2H3/t6-,7-,8-/m0/s1. The largest absolute Gasteiger partial charge is 0.375 e. The van der Waals surface area contributed by atoms with E-state index in [9.17, 15) is 5.11 Å². The van der Waals surface area contributed by atoms with E-state index in [-0.39, 0.29) is 12.0 Å². The zero-order chi connectivity index (χ0) is 8.48. The van der Waals surface area contributed by atoms with Gasteiger partial charge in [0.15, 0.2) is 5.60 Å². The Morgan fingerprint density at radius 2 is 2.27 bits per heavy atom. The Bertz CT molecular complexity index is 187. The van der Waals surface area contributed by atoms with Gasteiger partial charge in [0.25, 0.3) is 0 Å². The summed E-state index contributed by atoms with van der Waals surface area (Å²) in [6, 6.07) is 2.22. The summed E-state index contributed by atoms with van der Waals surface area (Å²) in [6.07, 6.45) is 0.532. The summed E-state index contributed by atoms with van der Waals surface area (Å²) < 4.78 is 0. The van der Waals surface area contributed by atoms with Crippen molar-refractivity contribution in [3.8, 4) is 6.07 Å². The van der Waals surface area contributed by atoms with E-state index in [4.69, 9.17) is 5.26 Å². The first-order chi connectivity index (χ1) is 5.08. The van der Waals surface area contributed by atoms with Gasteiger partial charge in [-0.1, -0.05) is 6.92 Å². The van der Waals surface area contributed by atoms with Crippen LogP contribution in [0.2, 0.25) is 0 Å². The minimum absolute atomic E-state index is 0.0312. The number of rotatable bonds is 0. The summed E-state index contributed by atoms with van der Waals surface area (Å²) in [6.45, 7) is 4.60. The minimum atomic E-state index is -1.11. The number of nitrogens with one attached hydrogen (secondary N) is 1. The molecule has 3 heteroatoms. The van der Waals surface area contributed by atoms with Crippen molar-refractivity contribution in [1.82, 2.24) is 5.32 Å². The topological polar surface area (TPSA) is 56.0 Å². The quantitative estimate of drug-likeness (QED) is 0.492. The highest BCUT2D eigenvalue weighted by Gasteiger charge is 2.38. The molecule has 3 atom stereocenters. The van der Waals surface area contributed by atoms with Gasteiger partial charge < -0.3 is 10.4 Å². The molecule has 1 fully saturated rings. The molecule has 1 rings (SSSR count). The van der Waals surface area contributed by atoms with Crippen molar-refractivity contribution < 1.29 is 5.11 Å². The molecule has 0 bridgehead atoms. The van der Waals surface area contributed by atoms with Crippen LogP contribution in [0, 0.1) is 17.2 Å². The molecule has 62 valence electrons. The molecule has 0 saturated carbocycles. The lowest BCUT2D eigenvalue weighted by molar-refractivity contribution is 0.00574. The van der Waals surface area contributed by atoms with Crippen LogP contribution in [0.4, 0.5) is 0 Å². The van der Waals surface area contributed by atoms with Crippen molar-refractivity contribution in [3.05, 3.63) is 0 Å². The molecule has 1 aliphatic rings. The molecule has 0 unspecified atom stereocenters. The summed E-state index contributed by atoms with van der Waals surface area (Å²) in [5, 5.41) is 21.6. The van der Waals surface area contributed by atoms with Gasteiger partial charge in [0.2, 0.25) is 0 Å². The van der Waals surface area contributed by atoms with E-state index < -0.39 is 5.60 Å². The van der Waals surface area contributed by atoms with E-state index >= 15 is 0 Å². The van der Waals surface area contributed by atoms with Crippen LogP contribution in [-0.2, 0) is 0 Å². The van der Waals surface area contributed by atoms with Crippen molar-refractivity contribution in [2.45, 2.75) is 31.9 Å². The molecule has 0 aliphatic carbocycles.